The van der Waals surface area contributed by atoms with E-state index in [0.717, 1.165) is 17.0 Å². The third kappa shape index (κ3) is 4.70. The first-order valence-corrected chi connectivity index (χ1v) is 8.65. The SMILES string of the molecule is CC(C)COc1cccc(C=CC(=O)c2ccc(-n3ccnc3)cc2)c1. The smallest absolute Gasteiger partial charge is 0.185 e. The molecule has 2 aromatic carbocycles. The summed E-state index contributed by atoms with van der Waals surface area (Å²) in [6.07, 6.45) is 8.72. The summed E-state index contributed by atoms with van der Waals surface area (Å²) in [5, 5.41) is 0. The Kier molecular flexibility index (Phi) is 5.64. The Bertz CT molecular complexity index is 879. The molecular weight excluding hydrogens is 324 g/mol. The summed E-state index contributed by atoms with van der Waals surface area (Å²) < 4.78 is 7.62. The molecular formula is C22H22N2O2. The van der Waals surface area contributed by atoms with Gasteiger partial charge in [0, 0.05) is 23.6 Å². The first-order valence-electron chi connectivity index (χ1n) is 8.65. The summed E-state index contributed by atoms with van der Waals surface area (Å²) in [7, 11) is 0. The fourth-order valence-corrected chi connectivity index (χ4v) is 2.45. The molecule has 0 aliphatic heterocycles. The van der Waals surface area contributed by atoms with Gasteiger partial charge in [-0.1, -0.05) is 32.1 Å². The Labute approximate surface area is 153 Å². The van der Waals surface area contributed by atoms with Crippen LogP contribution in [0.5, 0.6) is 5.75 Å². The van der Waals surface area contributed by atoms with Gasteiger partial charge in [0.25, 0.3) is 0 Å². The lowest BCUT2D eigenvalue weighted by atomic mass is 10.1. The molecule has 26 heavy (non-hydrogen) atoms. The molecule has 1 heterocycles. The minimum Gasteiger partial charge on any atom is -0.493 e. The van der Waals surface area contributed by atoms with Gasteiger partial charge in [-0.05, 0) is 54.0 Å². The van der Waals surface area contributed by atoms with Crippen LogP contribution in [0.15, 0.2) is 73.3 Å². The lowest BCUT2D eigenvalue weighted by Crippen LogP contribution is -2.04. The number of nitrogens with zero attached hydrogens (tertiary/aromatic N) is 2. The monoisotopic (exact) mass is 346 g/mol. The van der Waals surface area contributed by atoms with Crippen LogP contribution in [-0.4, -0.2) is 21.9 Å². The van der Waals surface area contributed by atoms with Crippen molar-refractivity contribution in [2.24, 2.45) is 5.92 Å². The van der Waals surface area contributed by atoms with Crippen molar-refractivity contribution in [1.82, 2.24) is 9.55 Å². The highest BCUT2D eigenvalue weighted by atomic mass is 16.5. The van der Waals surface area contributed by atoms with Crippen LogP contribution in [-0.2, 0) is 0 Å². The molecule has 1 aromatic heterocycles. The first kappa shape index (κ1) is 17.7. The number of carbonyl (C=O) groups excluding carboxylic acids is 1. The first-order chi connectivity index (χ1) is 12.6. The van der Waals surface area contributed by atoms with E-state index < -0.39 is 0 Å². The van der Waals surface area contributed by atoms with Crippen LogP contribution < -0.4 is 4.74 Å². The van der Waals surface area contributed by atoms with E-state index in [-0.39, 0.29) is 5.78 Å². The highest BCUT2D eigenvalue weighted by Gasteiger charge is 2.03. The molecule has 0 fully saturated rings. The number of rotatable bonds is 7. The third-order valence-electron chi connectivity index (χ3n) is 3.82. The second-order valence-electron chi connectivity index (χ2n) is 6.49. The third-order valence-corrected chi connectivity index (χ3v) is 3.82. The standard InChI is InChI=1S/C22H22N2O2/c1-17(2)15-26-21-5-3-4-18(14-21)6-11-22(25)19-7-9-20(10-8-19)24-13-12-23-16-24/h3-14,16-17H,15H2,1-2H3. The molecule has 0 spiro atoms. The maximum Gasteiger partial charge on any atom is 0.185 e. The van der Waals surface area contributed by atoms with Crippen LogP contribution in [0, 0.1) is 5.92 Å². The molecule has 0 unspecified atom stereocenters. The number of imidazole rings is 1. The second kappa shape index (κ2) is 8.30. The predicted octanol–water partition coefficient (Wildman–Crippen LogP) is 4.80. The number of hydrogen-bond donors (Lipinski definition) is 0. The maximum absolute atomic E-state index is 12.4. The van der Waals surface area contributed by atoms with Crippen molar-refractivity contribution in [2.75, 3.05) is 6.61 Å². The molecule has 3 rings (SSSR count). The Morgan fingerprint density at radius 1 is 1.19 bits per heavy atom. The van der Waals surface area contributed by atoms with Crippen LogP contribution in [0.4, 0.5) is 0 Å². The minimum atomic E-state index is -0.0318. The van der Waals surface area contributed by atoms with E-state index in [2.05, 4.69) is 18.8 Å². The summed E-state index contributed by atoms with van der Waals surface area (Å²) in [6.45, 7) is 4.90. The van der Waals surface area contributed by atoms with Crippen molar-refractivity contribution >= 4 is 11.9 Å². The fourth-order valence-electron chi connectivity index (χ4n) is 2.45. The summed E-state index contributed by atoms with van der Waals surface area (Å²) in [6, 6.07) is 15.2. The van der Waals surface area contributed by atoms with Gasteiger partial charge in [-0.2, -0.15) is 0 Å². The number of benzene rings is 2. The van der Waals surface area contributed by atoms with Crippen molar-refractivity contribution in [3.63, 3.8) is 0 Å². The maximum atomic E-state index is 12.4. The Balaban J connectivity index is 1.66. The van der Waals surface area contributed by atoms with Gasteiger partial charge in [0.05, 0.1) is 12.9 Å². The zero-order chi connectivity index (χ0) is 18.4. The van der Waals surface area contributed by atoms with E-state index in [1.54, 1.807) is 18.6 Å². The van der Waals surface area contributed by atoms with Gasteiger partial charge in [0.2, 0.25) is 0 Å². The van der Waals surface area contributed by atoms with Crippen LogP contribution in [0.2, 0.25) is 0 Å². The minimum absolute atomic E-state index is 0.0318. The van der Waals surface area contributed by atoms with Gasteiger partial charge in [0.1, 0.15) is 5.75 Å². The van der Waals surface area contributed by atoms with Gasteiger partial charge in [-0.3, -0.25) is 4.79 Å². The average molecular weight is 346 g/mol. The number of ether oxygens (including phenoxy) is 1. The highest BCUT2D eigenvalue weighted by Crippen LogP contribution is 2.16. The van der Waals surface area contributed by atoms with Crippen LogP contribution >= 0.6 is 0 Å². The molecule has 0 bridgehead atoms. The van der Waals surface area contributed by atoms with E-state index in [9.17, 15) is 4.79 Å². The summed E-state index contributed by atoms with van der Waals surface area (Å²) in [5.74, 6) is 1.26. The van der Waals surface area contributed by atoms with E-state index in [0.29, 0.717) is 18.1 Å². The zero-order valence-electron chi connectivity index (χ0n) is 15.0. The number of carbonyl (C=O) groups is 1. The van der Waals surface area contributed by atoms with Crippen LogP contribution in [0.25, 0.3) is 11.8 Å². The van der Waals surface area contributed by atoms with Crippen molar-refractivity contribution in [1.29, 1.82) is 0 Å². The van der Waals surface area contributed by atoms with Gasteiger partial charge >= 0.3 is 0 Å². The van der Waals surface area contributed by atoms with E-state index >= 15 is 0 Å². The largest absolute Gasteiger partial charge is 0.493 e. The van der Waals surface area contributed by atoms with Gasteiger partial charge in [0.15, 0.2) is 5.78 Å². The normalized spacial score (nSPS) is 11.2. The second-order valence-corrected chi connectivity index (χ2v) is 6.49. The highest BCUT2D eigenvalue weighted by molar-refractivity contribution is 6.06. The fraction of sp³-hybridized carbons (Fsp3) is 0.182. The van der Waals surface area contributed by atoms with E-state index in [1.165, 1.54) is 0 Å². The molecule has 4 nitrogen and oxygen atoms in total. The van der Waals surface area contributed by atoms with Crippen molar-refractivity contribution in [3.05, 3.63) is 84.5 Å². The van der Waals surface area contributed by atoms with Crippen molar-refractivity contribution < 1.29 is 9.53 Å². The summed E-state index contributed by atoms with van der Waals surface area (Å²) in [4.78, 5) is 16.4. The van der Waals surface area contributed by atoms with Crippen LogP contribution in [0.1, 0.15) is 29.8 Å². The van der Waals surface area contributed by atoms with Gasteiger partial charge < -0.3 is 9.30 Å². The molecule has 0 aliphatic carbocycles. The molecule has 0 atom stereocenters. The topological polar surface area (TPSA) is 44.1 Å². The zero-order valence-corrected chi connectivity index (χ0v) is 15.0. The van der Waals surface area contributed by atoms with E-state index in [4.69, 9.17) is 4.74 Å². The molecule has 4 heteroatoms. The Hall–Kier alpha value is -3.14. The average Bonchev–Trinajstić information content (AvgIpc) is 3.20. The van der Waals surface area contributed by atoms with Crippen molar-refractivity contribution in [2.45, 2.75) is 13.8 Å². The number of allylic oxidation sites excluding steroid dienone is 1. The lowest BCUT2D eigenvalue weighted by molar-refractivity contribution is 0.104. The quantitative estimate of drug-likeness (QED) is 0.456. The summed E-state index contributed by atoms with van der Waals surface area (Å²) in [5.41, 5.74) is 2.56. The molecule has 0 amide bonds. The molecule has 0 saturated heterocycles. The number of ketones is 1. The van der Waals surface area contributed by atoms with E-state index in [1.807, 2.05) is 65.4 Å². The number of hydrogen-bond acceptors (Lipinski definition) is 3. The van der Waals surface area contributed by atoms with Gasteiger partial charge in [-0.25, -0.2) is 4.98 Å². The molecule has 0 radical (unpaired) electrons. The Morgan fingerprint density at radius 2 is 2.00 bits per heavy atom. The lowest BCUT2D eigenvalue weighted by Gasteiger charge is -2.08. The molecule has 0 saturated carbocycles. The summed E-state index contributed by atoms with van der Waals surface area (Å²) >= 11 is 0. The van der Waals surface area contributed by atoms with Crippen LogP contribution in [0.3, 0.4) is 0 Å². The predicted molar refractivity (Wildman–Crippen MR) is 104 cm³/mol. The Morgan fingerprint density at radius 3 is 2.69 bits per heavy atom. The molecule has 0 aliphatic rings. The molecule has 3 aromatic rings. The molecule has 132 valence electrons. The van der Waals surface area contributed by atoms with Gasteiger partial charge in [-0.15, -0.1) is 0 Å². The van der Waals surface area contributed by atoms with Crippen molar-refractivity contribution in [3.8, 4) is 11.4 Å². The number of aromatic nitrogens is 2. The molecule has 0 N–H and O–H groups in total.